The number of nitrogens with one attached hydrogen (secondary N) is 2. The number of carboxylic acid groups (broad SMARTS) is 1. The summed E-state index contributed by atoms with van der Waals surface area (Å²) in [5.74, 6) is -0.596. The van der Waals surface area contributed by atoms with Crippen LogP contribution in [0.5, 0.6) is 0 Å². The minimum atomic E-state index is -0.972. The first-order valence-corrected chi connectivity index (χ1v) is 17.8. The number of aliphatic hydroxyl groups is 1. The minimum Gasteiger partial charge on any atom is -0.478 e. The van der Waals surface area contributed by atoms with Gasteiger partial charge in [-0.2, -0.15) is 0 Å². The maximum Gasteiger partial charge on any atom is 0.336 e. The van der Waals surface area contributed by atoms with E-state index in [1.54, 1.807) is 30.3 Å². The Bertz CT molecular complexity index is 1730. The molecule has 1 aliphatic heterocycles. The molecule has 1 fully saturated rings. The highest BCUT2D eigenvalue weighted by Gasteiger charge is 2.32. The van der Waals surface area contributed by atoms with Gasteiger partial charge in [-0.25, -0.2) is 4.79 Å². The number of carboxylic acids is 1. The smallest absolute Gasteiger partial charge is 0.336 e. The SMILES string of the molecule is Nc1ccccc1NC(=O)CCCCCCC(=O)Nc1ccc([C@@H]2O[C@H](CSc3ccccc3C(=O)O)C[C@H](c3ccc(CO)cc3)O2)cc1. The average molecular weight is 698 g/mol. The molecule has 1 saturated heterocycles. The summed E-state index contributed by atoms with van der Waals surface area (Å²) in [5.41, 5.74) is 10.5. The highest BCUT2D eigenvalue weighted by molar-refractivity contribution is 7.99. The number of amides is 2. The minimum absolute atomic E-state index is 0.0467. The highest BCUT2D eigenvalue weighted by atomic mass is 32.2. The second-order valence-corrected chi connectivity index (χ2v) is 13.2. The molecule has 2 amide bonds. The van der Waals surface area contributed by atoms with Crippen LogP contribution in [0, 0.1) is 0 Å². The third kappa shape index (κ3) is 10.7. The number of anilines is 3. The number of aliphatic hydroxyl groups excluding tert-OH is 1. The van der Waals surface area contributed by atoms with Gasteiger partial charge in [0.15, 0.2) is 6.29 Å². The van der Waals surface area contributed by atoms with E-state index in [4.69, 9.17) is 15.2 Å². The topological polar surface area (TPSA) is 160 Å². The molecule has 0 saturated carbocycles. The number of rotatable bonds is 16. The van der Waals surface area contributed by atoms with Crippen LogP contribution in [0.2, 0.25) is 0 Å². The molecular formula is C39H43N3O7S. The fourth-order valence-electron chi connectivity index (χ4n) is 5.67. The van der Waals surface area contributed by atoms with Crippen molar-refractivity contribution in [1.82, 2.24) is 0 Å². The Morgan fingerprint density at radius 1 is 0.760 bits per heavy atom. The molecule has 10 nitrogen and oxygen atoms in total. The zero-order valence-corrected chi connectivity index (χ0v) is 28.6. The summed E-state index contributed by atoms with van der Waals surface area (Å²) in [6.07, 6.45) is 3.30. The molecular weight excluding hydrogens is 655 g/mol. The molecule has 4 aromatic carbocycles. The Labute approximate surface area is 296 Å². The molecule has 0 spiro atoms. The second-order valence-electron chi connectivity index (χ2n) is 12.2. The summed E-state index contributed by atoms with van der Waals surface area (Å²) in [7, 11) is 0. The van der Waals surface area contributed by atoms with Gasteiger partial charge in [0.1, 0.15) is 0 Å². The predicted octanol–water partition coefficient (Wildman–Crippen LogP) is 7.71. The van der Waals surface area contributed by atoms with Crippen molar-refractivity contribution >= 4 is 46.6 Å². The molecule has 11 heteroatoms. The third-order valence-corrected chi connectivity index (χ3v) is 9.62. The Morgan fingerprint density at radius 2 is 1.40 bits per heavy atom. The Hall–Kier alpha value is -4.68. The fourth-order valence-corrected chi connectivity index (χ4v) is 6.74. The van der Waals surface area contributed by atoms with Crippen LogP contribution < -0.4 is 16.4 Å². The number of aromatic carboxylic acids is 1. The lowest BCUT2D eigenvalue weighted by Crippen LogP contribution is -2.31. The van der Waals surface area contributed by atoms with Gasteiger partial charge in [0.05, 0.1) is 35.8 Å². The lowest BCUT2D eigenvalue weighted by Gasteiger charge is -2.36. The molecule has 262 valence electrons. The molecule has 0 unspecified atom stereocenters. The molecule has 0 aliphatic carbocycles. The molecule has 6 N–H and O–H groups in total. The van der Waals surface area contributed by atoms with Crippen molar-refractivity contribution in [3.63, 3.8) is 0 Å². The monoisotopic (exact) mass is 697 g/mol. The van der Waals surface area contributed by atoms with Crippen molar-refractivity contribution in [3.8, 4) is 0 Å². The van der Waals surface area contributed by atoms with E-state index in [9.17, 15) is 24.6 Å². The summed E-state index contributed by atoms with van der Waals surface area (Å²) in [6.45, 7) is -0.0467. The third-order valence-electron chi connectivity index (χ3n) is 8.42. The van der Waals surface area contributed by atoms with Crippen LogP contribution >= 0.6 is 11.8 Å². The summed E-state index contributed by atoms with van der Waals surface area (Å²) in [6, 6.07) is 29.1. The van der Waals surface area contributed by atoms with E-state index in [0.29, 0.717) is 47.0 Å². The number of para-hydroxylation sites is 2. The van der Waals surface area contributed by atoms with Gasteiger partial charge in [0, 0.05) is 41.2 Å². The van der Waals surface area contributed by atoms with Crippen molar-refractivity contribution in [1.29, 1.82) is 0 Å². The van der Waals surface area contributed by atoms with E-state index >= 15 is 0 Å². The highest BCUT2D eigenvalue weighted by Crippen LogP contribution is 2.40. The van der Waals surface area contributed by atoms with Crippen LogP contribution in [-0.4, -0.2) is 39.9 Å². The molecule has 5 rings (SSSR count). The van der Waals surface area contributed by atoms with Gasteiger partial charge in [-0.15, -0.1) is 11.8 Å². The molecule has 0 bridgehead atoms. The van der Waals surface area contributed by atoms with Crippen LogP contribution in [0.15, 0.2) is 102 Å². The van der Waals surface area contributed by atoms with Gasteiger partial charge in [-0.3, -0.25) is 9.59 Å². The van der Waals surface area contributed by atoms with Gasteiger partial charge < -0.3 is 36.1 Å². The summed E-state index contributed by atoms with van der Waals surface area (Å²) < 4.78 is 12.8. The Balaban J connectivity index is 1.11. The first-order chi connectivity index (χ1) is 24.3. The lowest BCUT2D eigenvalue weighted by molar-refractivity contribution is -0.245. The van der Waals surface area contributed by atoms with Crippen LogP contribution in [-0.2, 0) is 25.7 Å². The van der Waals surface area contributed by atoms with Crippen molar-refractivity contribution in [2.24, 2.45) is 0 Å². The zero-order chi connectivity index (χ0) is 35.3. The van der Waals surface area contributed by atoms with E-state index in [1.165, 1.54) is 11.8 Å². The van der Waals surface area contributed by atoms with Crippen molar-refractivity contribution < 1.29 is 34.1 Å². The standard InChI is InChI=1S/C39H43N3O7S/c40-32-10-6-7-11-33(32)42-37(45)14-4-2-1-3-13-36(44)41-29-21-19-28(20-22-29)39-48-30(25-50-35-12-8-5-9-31(35)38(46)47)23-34(49-39)27-17-15-26(24-43)16-18-27/h5-12,15-22,30,34,39,43H,1-4,13-14,23-25,40H2,(H,41,44)(H,42,45)(H,46,47)/t30-,34+,39+/m0/s1. The van der Waals surface area contributed by atoms with Crippen molar-refractivity contribution in [3.05, 3.63) is 119 Å². The number of benzene rings is 4. The molecule has 0 aromatic heterocycles. The number of ether oxygens (including phenoxy) is 2. The number of nitrogen functional groups attached to an aromatic ring is 1. The number of unbranched alkanes of at least 4 members (excludes halogenated alkanes) is 3. The van der Waals surface area contributed by atoms with Crippen molar-refractivity contribution in [2.45, 2.75) is 74.9 Å². The number of nitrogens with two attached hydrogens (primary N) is 1. The predicted molar refractivity (Wildman–Crippen MR) is 195 cm³/mol. The maximum atomic E-state index is 12.6. The van der Waals surface area contributed by atoms with E-state index in [0.717, 1.165) is 42.4 Å². The summed E-state index contributed by atoms with van der Waals surface area (Å²) in [4.78, 5) is 37.2. The number of carbonyl (C=O) groups excluding carboxylic acids is 2. The second kappa shape index (κ2) is 18.4. The first kappa shape index (κ1) is 36.6. The largest absolute Gasteiger partial charge is 0.478 e. The Morgan fingerprint density at radius 3 is 2.08 bits per heavy atom. The van der Waals surface area contributed by atoms with E-state index in [1.807, 2.05) is 66.7 Å². The van der Waals surface area contributed by atoms with Gasteiger partial charge in [0.2, 0.25) is 11.8 Å². The molecule has 50 heavy (non-hydrogen) atoms. The quantitative estimate of drug-likeness (QED) is 0.0449. The lowest BCUT2D eigenvalue weighted by atomic mass is 10.0. The van der Waals surface area contributed by atoms with Gasteiger partial charge in [-0.1, -0.05) is 73.5 Å². The van der Waals surface area contributed by atoms with Crippen LogP contribution in [0.25, 0.3) is 0 Å². The Kier molecular flexibility index (Phi) is 13.4. The number of hydrogen-bond acceptors (Lipinski definition) is 8. The molecule has 0 radical (unpaired) electrons. The van der Waals surface area contributed by atoms with Gasteiger partial charge in [-0.05, 0) is 60.4 Å². The van der Waals surface area contributed by atoms with Crippen LogP contribution in [0.4, 0.5) is 17.1 Å². The van der Waals surface area contributed by atoms with Crippen molar-refractivity contribution in [2.75, 3.05) is 22.1 Å². The first-order valence-electron chi connectivity index (χ1n) is 16.8. The number of carbonyl (C=O) groups is 3. The van der Waals surface area contributed by atoms with Gasteiger partial charge >= 0.3 is 5.97 Å². The maximum absolute atomic E-state index is 12.6. The zero-order valence-electron chi connectivity index (χ0n) is 27.8. The summed E-state index contributed by atoms with van der Waals surface area (Å²) >= 11 is 1.44. The van der Waals surface area contributed by atoms with E-state index < -0.39 is 12.3 Å². The van der Waals surface area contributed by atoms with Crippen LogP contribution in [0.1, 0.15) is 84.4 Å². The molecule has 1 aliphatic rings. The average Bonchev–Trinajstić information content (AvgIpc) is 3.13. The summed E-state index contributed by atoms with van der Waals surface area (Å²) in [5, 5.41) is 24.9. The van der Waals surface area contributed by atoms with E-state index in [-0.39, 0.29) is 36.2 Å². The number of hydrogen-bond donors (Lipinski definition) is 5. The van der Waals surface area contributed by atoms with Gasteiger partial charge in [0.25, 0.3) is 0 Å². The number of thioether (sulfide) groups is 1. The van der Waals surface area contributed by atoms with Crippen LogP contribution in [0.3, 0.4) is 0 Å². The normalized spacial score (nSPS) is 17.2. The molecule has 1 heterocycles. The molecule has 3 atom stereocenters. The molecule has 4 aromatic rings. The van der Waals surface area contributed by atoms with E-state index in [2.05, 4.69) is 10.6 Å². The fraction of sp³-hybridized carbons (Fsp3) is 0.308.